The van der Waals surface area contributed by atoms with Crippen LogP contribution in [0.15, 0.2) is 12.4 Å². The summed E-state index contributed by atoms with van der Waals surface area (Å²) in [7, 11) is 1.61. The summed E-state index contributed by atoms with van der Waals surface area (Å²) in [5.74, 6) is -0.269. The Labute approximate surface area is 94.2 Å². The van der Waals surface area contributed by atoms with Crippen molar-refractivity contribution >= 4 is 5.97 Å². The van der Waals surface area contributed by atoms with Gasteiger partial charge >= 0.3 is 5.97 Å². The van der Waals surface area contributed by atoms with Crippen molar-refractivity contribution in [3.05, 3.63) is 12.4 Å². The second kappa shape index (κ2) is 4.98. The van der Waals surface area contributed by atoms with E-state index in [0.29, 0.717) is 12.4 Å². The summed E-state index contributed by atoms with van der Waals surface area (Å²) in [5.41, 5.74) is -1.03. The molecular weight excluding hydrogens is 210 g/mol. The quantitative estimate of drug-likeness (QED) is 0.733. The van der Waals surface area contributed by atoms with Crippen LogP contribution < -0.4 is 10.1 Å². The molecule has 0 aliphatic heterocycles. The maximum Gasteiger partial charge on any atom is 0.325 e. The number of carboxylic acid groups (broad SMARTS) is 1. The highest BCUT2D eigenvalue weighted by Crippen LogP contribution is 2.12. The Balaban J connectivity index is 2.74. The van der Waals surface area contributed by atoms with Crippen molar-refractivity contribution in [2.75, 3.05) is 13.7 Å². The fourth-order valence-corrected chi connectivity index (χ4v) is 1.25. The van der Waals surface area contributed by atoms with E-state index in [1.165, 1.54) is 0 Å². The lowest BCUT2D eigenvalue weighted by molar-refractivity contribution is -0.144. The van der Waals surface area contributed by atoms with Gasteiger partial charge in [0.1, 0.15) is 5.54 Å². The fourth-order valence-electron chi connectivity index (χ4n) is 1.25. The van der Waals surface area contributed by atoms with Crippen LogP contribution in [0.25, 0.3) is 0 Å². The van der Waals surface area contributed by atoms with Gasteiger partial charge in [-0.2, -0.15) is 5.10 Å². The highest BCUT2D eigenvalue weighted by molar-refractivity contribution is 5.78. The lowest BCUT2D eigenvalue weighted by Crippen LogP contribution is -2.50. The largest absolute Gasteiger partial charge is 0.491 e. The summed E-state index contributed by atoms with van der Waals surface area (Å²) in [5, 5.41) is 15.9. The third-order valence-electron chi connectivity index (χ3n) is 2.42. The minimum atomic E-state index is -1.03. The first-order valence-corrected chi connectivity index (χ1v) is 5.09. The van der Waals surface area contributed by atoms with Crippen molar-refractivity contribution in [2.24, 2.45) is 0 Å². The van der Waals surface area contributed by atoms with Gasteiger partial charge in [-0.15, -0.1) is 0 Å². The Morgan fingerprint density at radius 2 is 2.44 bits per heavy atom. The number of hydrogen-bond acceptors (Lipinski definition) is 4. The monoisotopic (exact) mass is 227 g/mol. The van der Waals surface area contributed by atoms with Crippen LogP contribution in [0.1, 0.15) is 13.8 Å². The molecule has 0 radical (unpaired) electrons. The van der Waals surface area contributed by atoms with Gasteiger partial charge in [-0.25, -0.2) is 0 Å². The number of ether oxygens (including phenoxy) is 1. The van der Waals surface area contributed by atoms with Gasteiger partial charge in [-0.1, -0.05) is 0 Å². The fraction of sp³-hybridized carbons (Fsp3) is 0.600. The van der Waals surface area contributed by atoms with Crippen LogP contribution in [0.2, 0.25) is 0 Å². The van der Waals surface area contributed by atoms with Crippen molar-refractivity contribution < 1.29 is 14.6 Å². The van der Waals surface area contributed by atoms with Gasteiger partial charge in [0.25, 0.3) is 0 Å². The number of hydrogen-bond donors (Lipinski definition) is 2. The van der Waals surface area contributed by atoms with Gasteiger partial charge in [-0.3, -0.25) is 9.48 Å². The number of nitrogens with zero attached hydrogens (tertiary/aromatic N) is 2. The second-order valence-corrected chi connectivity index (χ2v) is 3.69. The van der Waals surface area contributed by atoms with E-state index in [1.807, 2.05) is 6.92 Å². The molecule has 6 nitrogen and oxygen atoms in total. The predicted molar refractivity (Wildman–Crippen MR) is 58.5 cm³/mol. The highest BCUT2D eigenvalue weighted by Gasteiger charge is 2.32. The van der Waals surface area contributed by atoms with Crippen molar-refractivity contribution in [1.29, 1.82) is 0 Å². The molecule has 0 spiro atoms. The van der Waals surface area contributed by atoms with Gasteiger partial charge < -0.3 is 15.2 Å². The molecule has 1 heterocycles. The predicted octanol–water partition coefficient (Wildman–Crippen LogP) is 0.344. The Bertz CT molecular complexity index is 364. The van der Waals surface area contributed by atoms with Gasteiger partial charge in [-0.05, 0) is 20.9 Å². The minimum absolute atomic E-state index is 0.242. The van der Waals surface area contributed by atoms with E-state index in [-0.39, 0.29) is 6.54 Å². The smallest absolute Gasteiger partial charge is 0.325 e. The van der Waals surface area contributed by atoms with Crippen molar-refractivity contribution in [1.82, 2.24) is 15.1 Å². The van der Waals surface area contributed by atoms with E-state index >= 15 is 0 Å². The van der Waals surface area contributed by atoms with Crippen LogP contribution in [0.5, 0.6) is 5.75 Å². The standard InChI is InChI=1S/C10H17N3O3/c1-4-16-8-5-12-13(6-8)7-10(2,11-3)9(14)15/h5-6,11H,4,7H2,1-3H3,(H,14,15). The van der Waals surface area contributed by atoms with Crippen LogP contribution >= 0.6 is 0 Å². The van der Waals surface area contributed by atoms with E-state index < -0.39 is 11.5 Å². The first-order valence-electron chi connectivity index (χ1n) is 5.09. The Hall–Kier alpha value is -1.56. The SMILES string of the molecule is CCOc1cnn(CC(C)(NC)C(=O)O)c1. The molecule has 6 heteroatoms. The van der Waals surface area contributed by atoms with Crippen LogP contribution in [0.4, 0.5) is 0 Å². The van der Waals surface area contributed by atoms with E-state index in [2.05, 4.69) is 10.4 Å². The zero-order valence-electron chi connectivity index (χ0n) is 9.73. The molecule has 0 bridgehead atoms. The highest BCUT2D eigenvalue weighted by atomic mass is 16.5. The molecule has 1 rings (SSSR count). The molecule has 16 heavy (non-hydrogen) atoms. The third-order valence-corrected chi connectivity index (χ3v) is 2.42. The molecule has 1 aromatic heterocycles. The van der Waals surface area contributed by atoms with E-state index in [1.54, 1.807) is 31.0 Å². The zero-order chi connectivity index (χ0) is 12.2. The first kappa shape index (κ1) is 12.5. The number of nitrogens with one attached hydrogen (secondary N) is 1. The minimum Gasteiger partial charge on any atom is -0.491 e. The number of aliphatic carboxylic acids is 1. The zero-order valence-corrected chi connectivity index (χ0v) is 9.73. The van der Waals surface area contributed by atoms with Gasteiger partial charge in [0.15, 0.2) is 5.75 Å². The van der Waals surface area contributed by atoms with E-state index in [9.17, 15) is 4.79 Å². The normalized spacial score (nSPS) is 14.4. The number of carbonyl (C=O) groups is 1. The summed E-state index contributed by atoms with van der Waals surface area (Å²) < 4.78 is 6.80. The molecule has 1 unspecified atom stereocenters. The molecule has 0 saturated carbocycles. The Morgan fingerprint density at radius 3 is 2.94 bits per heavy atom. The van der Waals surface area contributed by atoms with Crippen LogP contribution in [0.3, 0.4) is 0 Å². The van der Waals surface area contributed by atoms with E-state index in [4.69, 9.17) is 9.84 Å². The van der Waals surface area contributed by atoms with Gasteiger partial charge in [0, 0.05) is 0 Å². The van der Waals surface area contributed by atoms with Crippen molar-refractivity contribution in [3.63, 3.8) is 0 Å². The van der Waals surface area contributed by atoms with Gasteiger partial charge in [0.2, 0.25) is 0 Å². The average molecular weight is 227 g/mol. The Morgan fingerprint density at radius 1 is 1.75 bits per heavy atom. The summed E-state index contributed by atoms with van der Waals surface area (Å²) >= 11 is 0. The number of aromatic nitrogens is 2. The Kier molecular flexibility index (Phi) is 3.89. The second-order valence-electron chi connectivity index (χ2n) is 3.69. The molecule has 90 valence electrons. The number of rotatable bonds is 6. The summed E-state index contributed by atoms with van der Waals surface area (Å²) in [4.78, 5) is 11.1. The van der Waals surface area contributed by atoms with Crippen molar-refractivity contribution in [2.45, 2.75) is 25.9 Å². The molecule has 0 aliphatic carbocycles. The number of likely N-dealkylation sites (N-methyl/N-ethyl adjacent to an activating group) is 1. The molecule has 0 amide bonds. The molecule has 1 aromatic rings. The van der Waals surface area contributed by atoms with Crippen LogP contribution in [-0.2, 0) is 11.3 Å². The maximum absolute atomic E-state index is 11.1. The van der Waals surface area contributed by atoms with Crippen LogP contribution in [0, 0.1) is 0 Å². The summed E-state index contributed by atoms with van der Waals surface area (Å²) in [6.45, 7) is 4.30. The van der Waals surface area contributed by atoms with Crippen LogP contribution in [-0.4, -0.2) is 40.0 Å². The summed E-state index contributed by atoms with van der Waals surface area (Å²) in [6.07, 6.45) is 3.25. The lowest BCUT2D eigenvalue weighted by Gasteiger charge is -2.23. The molecule has 0 aromatic carbocycles. The van der Waals surface area contributed by atoms with Gasteiger partial charge in [0.05, 0.1) is 25.5 Å². The lowest BCUT2D eigenvalue weighted by atomic mass is 10.0. The molecule has 0 fully saturated rings. The van der Waals surface area contributed by atoms with Crippen molar-refractivity contribution in [3.8, 4) is 5.75 Å². The number of carboxylic acids is 1. The maximum atomic E-state index is 11.1. The average Bonchev–Trinajstić information content (AvgIpc) is 2.65. The van der Waals surface area contributed by atoms with E-state index in [0.717, 1.165) is 0 Å². The molecule has 0 aliphatic rings. The molecule has 0 saturated heterocycles. The summed E-state index contributed by atoms with van der Waals surface area (Å²) in [6, 6.07) is 0. The molecular formula is C10H17N3O3. The first-order chi connectivity index (χ1) is 7.51. The third kappa shape index (κ3) is 2.73. The topological polar surface area (TPSA) is 76.4 Å². The molecule has 2 N–H and O–H groups in total. The molecule has 1 atom stereocenters.